The minimum Gasteiger partial charge on any atom is -0.497 e. The summed E-state index contributed by atoms with van der Waals surface area (Å²) in [4.78, 5) is 41.3. The Morgan fingerprint density at radius 2 is 1.39 bits per heavy atom. The molecule has 0 aliphatic rings. The molecule has 7 nitrogen and oxygen atoms in total. The summed E-state index contributed by atoms with van der Waals surface area (Å²) in [5.41, 5.74) is 3.94. The van der Waals surface area contributed by atoms with Crippen LogP contribution in [0.4, 0.5) is 11.4 Å². The molecule has 0 fully saturated rings. The number of halogens is 1. The SMILES string of the molecule is COc1ccc(N(CCCC(=O)O)C(=O)CCCN(C(=O)c2ccc(Cl)cc2)c2c(C)cccc2C)cc1. The van der Waals surface area contributed by atoms with Crippen LogP contribution in [0.15, 0.2) is 66.7 Å². The minimum absolute atomic E-state index is 0.0319. The normalized spacial score (nSPS) is 10.6. The van der Waals surface area contributed by atoms with Crippen LogP contribution in [0.3, 0.4) is 0 Å². The molecule has 0 atom stereocenters. The number of rotatable bonds is 12. The van der Waals surface area contributed by atoms with E-state index in [-0.39, 0.29) is 31.2 Å². The third kappa shape index (κ3) is 7.59. The highest BCUT2D eigenvalue weighted by molar-refractivity contribution is 6.30. The van der Waals surface area contributed by atoms with Gasteiger partial charge in [-0.05, 0) is 86.3 Å². The molecule has 0 unspecified atom stereocenters. The Hall–Kier alpha value is -3.84. The standard InChI is InChI=1S/C30H33ClN2O5/c1-21-7-4-8-22(2)29(21)33(30(37)23-11-13-24(31)14-12-23)20-5-9-27(34)32(19-6-10-28(35)36)25-15-17-26(38-3)18-16-25/h4,7-8,11-18H,5-6,9-10,19-20H2,1-3H3,(H,35,36). The number of anilines is 2. The number of carboxylic acid groups (broad SMARTS) is 1. The molecule has 2 amide bonds. The minimum atomic E-state index is -0.905. The first-order chi connectivity index (χ1) is 18.2. The predicted octanol–water partition coefficient (Wildman–Crippen LogP) is 6.29. The van der Waals surface area contributed by atoms with Crippen molar-refractivity contribution in [2.45, 2.75) is 39.5 Å². The number of carbonyl (C=O) groups is 3. The Balaban J connectivity index is 1.79. The van der Waals surface area contributed by atoms with Crippen molar-refractivity contribution in [2.24, 2.45) is 0 Å². The highest BCUT2D eigenvalue weighted by atomic mass is 35.5. The second-order valence-electron chi connectivity index (χ2n) is 9.05. The van der Waals surface area contributed by atoms with E-state index in [1.165, 1.54) is 0 Å². The molecule has 3 aromatic rings. The number of hydrogen-bond donors (Lipinski definition) is 1. The molecule has 0 saturated carbocycles. The molecule has 0 bridgehead atoms. The maximum absolute atomic E-state index is 13.6. The Labute approximate surface area is 228 Å². The van der Waals surface area contributed by atoms with E-state index >= 15 is 0 Å². The zero-order valence-electron chi connectivity index (χ0n) is 21.9. The van der Waals surface area contributed by atoms with Gasteiger partial charge in [-0.2, -0.15) is 0 Å². The van der Waals surface area contributed by atoms with Crippen molar-refractivity contribution >= 4 is 40.8 Å². The summed E-state index contributed by atoms with van der Waals surface area (Å²) in [6, 6.07) is 19.7. The summed E-state index contributed by atoms with van der Waals surface area (Å²) in [5.74, 6) is -0.547. The van der Waals surface area contributed by atoms with Crippen molar-refractivity contribution in [2.75, 3.05) is 30.0 Å². The lowest BCUT2D eigenvalue weighted by molar-refractivity contribution is -0.137. The van der Waals surface area contributed by atoms with Gasteiger partial charge in [-0.3, -0.25) is 14.4 Å². The molecule has 3 rings (SSSR count). The Morgan fingerprint density at radius 1 is 0.816 bits per heavy atom. The molecule has 0 aliphatic carbocycles. The van der Waals surface area contributed by atoms with Crippen LogP contribution in [0, 0.1) is 13.8 Å². The summed E-state index contributed by atoms with van der Waals surface area (Å²) in [7, 11) is 1.57. The van der Waals surface area contributed by atoms with Gasteiger partial charge in [-0.1, -0.05) is 29.8 Å². The zero-order valence-corrected chi connectivity index (χ0v) is 22.7. The quantitative estimate of drug-likeness (QED) is 0.294. The smallest absolute Gasteiger partial charge is 0.303 e. The predicted molar refractivity (Wildman–Crippen MR) is 150 cm³/mol. The number of amides is 2. The third-order valence-electron chi connectivity index (χ3n) is 6.28. The lowest BCUT2D eigenvalue weighted by atomic mass is 10.1. The van der Waals surface area contributed by atoms with Gasteiger partial charge in [-0.15, -0.1) is 0 Å². The van der Waals surface area contributed by atoms with Crippen LogP contribution in [0.2, 0.25) is 5.02 Å². The van der Waals surface area contributed by atoms with Crippen LogP contribution < -0.4 is 14.5 Å². The third-order valence-corrected chi connectivity index (χ3v) is 6.53. The first-order valence-electron chi connectivity index (χ1n) is 12.5. The molecule has 0 spiro atoms. The van der Waals surface area contributed by atoms with E-state index in [9.17, 15) is 14.4 Å². The van der Waals surface area contributed by atoms with Crippen LogP contribution in [0.5, 0.6) is 5.75 Å². The van der Waals surface area contributed by atoms with E-state index in [4.69, 9.17) is 21.4 Å². The Morgan fingerprint density at radius 3 is 1.97 bits per heavy atom. The monoisotopic (exact) mass is 536 g/mol. The lowest BCUT2D eigenvalue weighted by Gasteiger charge is -2.27. The Kier molecular flexibility index (Phi) is 10.3. The second kappa shape index (κ2) is 13.6. The fraction of sp³-hybridized carbons (Fsp3) is 0.300. The van der Waals surface area contributed by atoms with Gasteiger partial charge in [0.2, 0.25) is 5.91 Å². The van der Waals surface area contributed by atoms with Crippen LogP contribution >= 0.6 is 11.6 Å². The average molecular weight is 537 g/mol. The molecule has 8 heteroatoms. The summed E-state index contributed by atoms with van der Waals surface area (Å²) in [5, 5.41) is 9.60. The number of methoxy groups -OCH3 is 1. The Bertz CT molecular complexity index is 1240. The number of carbonyl (C=O) groups excluding carboxylic acids is 2. The number of hydrogen-bond acceptors (Lipinski definition) is 4. The first kappa shape index (κ1) is 28.7. The van der Waals surface area contributed by atoms with Crippen molar-refractivity contribution in [3.05, 3.63) is 88.4 Å². The van der Waals surface area contributed by atoms with Crippen molar-refractivity contribution in [1.82, 2.24) is 0 Å². The van der Waals surface area contributed by atoms with Gasteiger partial charge in [0.1, 0.15) is 5.75 Å². The molecule has 38 heavy (non-hydrogen) atoms. The molecular formula is C30H33ClN2O5. The maximum atomic E-state index is 13.6. The van der Waals surface area contributed by atoms with Gasteiger partial charge in [0.15, 0.2) is 0 Å². The number of aryl methyl sites for hydroxylation is 2. The second-order valence-corrected chi connectivity index (χ2v) is 9.48. The summed E-state index contributed by atoms with van der Waals surface area (Å²) in [6.07, 6.45) is 0.915. The molecule has 0 aromatic heterocycles. The number of carboxylic acids is 1. The summed E-state index contributed by atoms with van der Waals surface area (Å²) < 4.78 is 5.21. The van der Waals surface area contributed by atoms with Crippen molar-refractivity contribution in [1.29, 1.82) is 0 Å². The highest BCUT2D eigenvalue weighted by Gasteiger charge is 2.22. The average Bonchev–Trinajstić information content (AvgIpc) is 2.90. The van der Waals surface area contributed by atoms with E-state index in [0.29, 0.717) is 41.4 Å². The zero-order chi connectivity index (χ0) is 27.7. The van der Waals surface area contributed by atoms with Crippen molar-refractivity contribution < 1.29 is 24.2 Å². The molecule has 0 saturated heterocycles. The fourth-order valence-electron chi connectivity index (χ4n) is 4.37. The van der Waals surface area contributed by atoms with Crippen LogP contribution in [0.25, 0.3) is 0 Å². The van der Waals surface area contributed by atoms with Gasteiger partial charge >= 0.3 is 5.97 Å². The van der Waals surface area contributed by atoms with E-state index in [1.54, 1.807) is 65.4 Å². The van der Waals surface area contributed by atoms with E-state index in [2.05, 4.69) is 0 Å². The summed E-state index contributed by atoms with van der Waals surface area (Å²) >= 11 is 6.03. The number of ether oxygens (including phenoxy) is 1. The topological polar surface area (TPSA) is 87.2 Å². The first-order valence-corrected chi connectivity index (χ1v) is 12.9. The molecule has 200 valence electrons. The number of benzene rings is 3. The molecule has 0 aliphatic heterocycles. The lowest BCUT2D eigenvalue weighted by Crippen LogP contribution is -2.35. The van der Waals surface area contributed by atoms with Crippen LogP contribution in [-0.2, 0) is 9.59 Å². The maximum Gasteiger partial charge on any atom is 0.303 e. The van der Waals surface area contributed by atoms with Gasteiger partial charge in [-0.25, -0.2) is 0 Å². The number of nitrogens with zero attached hydrogens (tertiary/aromatic N) is 2. The molecule has 0 radical (unpaired) electrons. The van der Waals surface area contributed by atoms with E-state index in [1.807, 2.05) is 32.0 Å². The van der Waals surface area contributed by atoms with Crippen molar-refractivity contribution in [3.8, 4) is 5.75 Å². The van der Waals surface area contributed by atoms with E-state index < -0.39 is 5.97 Å². The van der Waals surface area contributed by atoms with Gasteiger partial charge in [0.05, 0.1) is 7.11 Å². The van der Waals surface area contributed by atoms with Gasteiger partial charge < -0.3 is 19.6 Å². The number of para-hydroxylation sites is 1. The largest absolute Gasteiger partial charge is 0.497 e. The number of aliphatic carboxylic acids is 1. The van der Waals surface area contributed by atoms with Crippen LogP contribution in [-0.4, -0.2) is 43.1 Å². The van der Waals surface area contributed by atoms with Gasteiger partial charge in [0, 0.05) is 47.9 Å². The molecular weight excluding hydrogens is 504 g/mol. The molecule has 3 aromatic carbocycles. The van der Waals surface area contributed by atoms with Crippen LogP contribution in [0.1, 0.15) is 47.2 Å². The van der Waals surface area contributed by atoms with E-state index in [0.717, 1.165) is 16.8 Å². The molecule has 1 N–H and O–H groups in total. The summed E-state index contributed by atoms with van der Waals surface area (Å²) in [6.45, 7) is 4.54. The highest BCUT2D eigenvalue weighted by Crippen LogP contribution is 2.28. The molecule has 0 heterocycles. The fourth-order valence-corrected chi connectivity index (χ4v) is 4.49. The van der Waals surface area contributed by atoms with Crippen molar-refractivity contribution in [3.63, 3.8) is 0 Å². The van der Waals surface area contributed by atoms with Gasteiger partial charge in [0.25, 0.3) is 5.91 Å².